The van der Waals surface area contributed by atoms with E-state index in [1.54, 1.807) is 0 Å². The molecule has 0 unspecified atom stereocenters. The van der Waals surface area contributed by atoms with Gasteiger partial charge in [-0.05, 0) is 58.5 Å². The van der Waals surface area contributed by atoms with Crippen LogP contribution in [0.4, 0.5) is 0 Å². The molecule has 262 valence electrons. The van der Waals surface area contributed by atoms with Gasteiger partial charge >= 0.3 is 0 Å². The number of hydrogen-bond donors (Lipinski definition) is 0. The Hall–Kier alpha value is -7.63. The second-order valence-corrected chi connectivity index (χ2v) is 11.6. The molecule has 3 aromatic heterocycles. The zero-order valence-electron chi connectivity index (χ0n) is 60.7. The third-order valence-electron chi connectivity index (χ3n) is 8.42. The van der Waals surface area contributed by atoms with Gasteiger partial charge in [-0.3, -0.25) is 4.57 Å². The SMILES string of the molecule is [2H]c1c([2H])c([2H])c(-c2nc(-c3c([2H])c([2H])c(-c4c([2H])c([2H])c([2H])c([2H])c4[2H])c([2H])c3[2H])nc(-n3c4c([2H])c([2H])c([2H])c([2H])c4c4c([2H])c5c6c([2H])c([2H])c([2H])c([2H])c6n(-c6c([2H])c([2H])c([2H])c(-c7c([2H])c([2H])c([2H])c([2H])c7[2H])c6[2H])c5c([2H])c43)n2)c([2H])c1[2H]. The predicted octanol–water partition coefficient (Wildman–Crippen LogP) is 12.7. The van der Waals surface area contributed by atoms with Gasteiger partial charge in [-0.2, -0.15) is 9.97 Å². The van der Waals surface area contributed by atoms with Crippen molar-refractivity contribution < 1.29 is 45.2 Å². The van der Waals surface area contributed by atoms with Crippen LogP contribution in [0.15, 0.2) is 199 Å². The third kappa shape index (κ3) is 5.29. The number of aromatic nitrogens is 5. The lowest BCUT2D eigenvalue weighted by molar-refractivity contribution is 0.953. The predicted molar refractivity (Wildman–Crippen MR) is 230 cm³/mol. The van der Waals surface area contributed by atoms with E-state index in [-0.39, 0.29) is 0 Å². The molecule has 0 atom stereocenters. The topological polar surface area (TPSA) is 48.5 Å². The van der Waals surface area contributed by atoms with Crippen LogP contribution in [0.1, 0.15) is 45.2 Å². The lowest BCUT2D eigenvalue weighted by Gasteiger charge is -2.12. The van der Waals surface area contributed by atoms with E-state index >= 15 is 0 Å². The van der Waals surface area contributed by atoms with Crippen molar-refractivity contribution in [1.82, 2.24) is 24.1 Å². The minimum absolute atomic E-state index is 0.640. The zero-order valence-corrected chi connectivity index (χ0v) is 27.7. The Morgan fingerprint density at radius 3 is 1.38 bits per heavy atom. The summed E-state index contributed by atoms with van der Waals surface area (Å²) in [7, 11) is 0. The number of rotatable bonds is 6. The van der Waals surface area contributed by atoms with Gasteiger partial charge in [-0.15, -0.1) is 0 Å². The lowest BCUT2D eigenvalue weighted by atomic mass is 10.0. The summed E-state index contributed by atoms with van der Waals surface area (Å²) < 4.78 is 297. The highest BCUT2D eigenvalue weighted by Gasteiger charge is 2.21. The minimum Gasteiger partial charge on any atom is -0.309 e. The summed E-state index contributed by atoms with van der Waals surface area (Å²) in [5, 5.41) is -2.60. The number of fused-ring (bicyclic) bond motifs is 6. The van der Waals surface area contributed by atoms with Gasteiger partial charge in [0, 0.05) is 38.4 Å². The van der Waals surface area contributed by atoms with E-state index in [9.17, 15) is 16.4 Å². The molecule has 0 bridgehead atoms. The molecule has 8 aromatic carbocycles. The van der Waals surface area contributed by atoms with Crippen molar-refractivity contribution in [3.05, 3.63) is 199 Å². The second kappa shape index (κ2) is 13.0. The summed E-state index contributed by atoms with van der Waals surface area (Å²) in [6.45, 7) is 0. The molecule has 5 nitrogen and oxygen atoms in total. The Labute approximate surface area is 369 Å². The quantitative estimate of drug-likeness (QED) is 0.170. The van der Waals surface area contributed by atoms with Crippen LogP contribution in [0.3, 0.4) is 0 Å². The summed E-state index contributed by atoms with van der Waals surface area (Å²) >= 11 is 0. The molecule has 0 aliphatic heterocycles. The van der Waals surface area contributed by atoms with E-state index in [0.717, 1.165) is 0 Å². The second-order valence-electron chi connectivity index (χ2n) is 11.6. The molecular weight excluding hydrogens is 683 g/mol. The fourth-order valence-electron chi connectivity index (χ4n) is 6.05. The average molecular weight is 749 g/mol. The first-order valence-electron chi connectivity index (χ1n) is 32.7. The molecule has 0 spiro atoms. The maximum Gasteiger partial charge on any atom is 0.238 e. The Bertz CT molecular complexity index is 5070. The number of nitrogens with zero attached hydrogens (tertiary/aromatic N) is 5. The van der Waals surface area contributed by atoms with Crippen molar-refractivity contribution in [2.75, 3.05) is 0 Å². The molecule has 0 saturated carbocycles. The van der Waals surface area contributed by atoms with Crippen LogP contribution in [-0.4, -0.2) is 24.1 Å². The molecule has 0 N–H and O–H groups in total. The highest BCUT2D eigenvalue weighted by atomic mass is 15.2. The van der Waals surface area contributed by atoms with Gasteiger partial charge in [0.1, 0.15) is 0 Å². The molecule has 3 heterocycles. The van der Waals surface area contributed by atoms with Crippen LogP contribution in [0.5, 0.6) is 0 Å². The first-order valence-corrected chi connectivity index (χ1v) is 16.2. The van der Waals surface area contributed by atoms with Gasteiger partial charge in [-0.1, -0.05) is 163 Å². The lowest BCUT2D eigenvalue weighted by Crippen LogP contribution is -2.06. The highest BCUT2D eigenvalue weighted by molar-refractivity contribution is 6.19. The van der Waals surface area contributed by atoms with E-state index in [1.165, 1.54) is 0 Å². The van der Waals surface area contributed by atoms with Gasteiger partial charge in [-0.25, -0.2) is 4.98 Å². The first-order chi connectivity index (χ1) is 41.5. The van der Waals surface area contributed by atoms with Gasteiger partial charge in [0.05, 0.1) is 67.3 Å². The van der Waals surface area contributed by atoms with E-state index in [4.69, 9.17) is 28.8 Å². The van der Waals surface area contributed by atoms with Crippen LogP contribution >= 0.6 is 0 Å². The molecule has 0 aliphatic rings. The molecule has 56 heavy (non-hydrogen) atoms. The van der Waals surface area contributed by atoms with Crippen molar-refractivity contribution in [3.63, 3.8) is 0 Å². The number of benzene rings is 8. The highest BCUT2D eigenvalue weighted by Crippen LogP contribution is 2.40. The average Bonchev–Trinajstić information content (AvgIpc) is 1.55. The summed E-state index contributed by atoms with van der Waals surface area (Å²) in [5.74, 6) is -2.98. The van der Waals surface area contributed by atoms with Crippen molar-refractivity contribution in [2.24, 2.45) is 0 Å². The fraction of sp³-hybridized carbons (Fsp3) is 0. The summed E-state index contributed by atoms with van der Waals surface area (Å²) in [4.78, 5) is 13.2. The maximum atomic E-state index is 10.4. The molecule has 11 aromatic rings. The molecule has 0 saturated heterocycles. The number of para-hydroxylation sites is 2. The van der Waals surface area contributed by atoms with Gasteiger partial charge < -0.3 is 4.57 Å². The standard InChI is InChI=1S/C51H33N5/c1-4-15-34(16-5-1)36-27-29-38(30-28-36)50-52-49(37-19-8-3-9-20-37)53-51(54-50)56-46-26-13-11-24-42(46)44-32-43-41-23-10-12-25-45(41)55(47(43)33-48(44)56)40-22-14-21-39(31-40)35-17-6-2-7-18-35/h1-33H/i1D,2D,3D,4D,5D,6D,7D,8D,9D,10D,11D,12D,13D,14D,15D,16D,17D,18D,19D,20D,21D,22D,23D,24D,25D,26D,27D,28D,29D,30D,31D,32D,33D. The molecule has 0 radical (unpaired) electrons. The Morgan fingerprint density at radius 1 is 0.304 bits per heavy atom. The molecule has 0 amide bonds. The largest absolute Gasteiger partial charge is 0.309 e. The first kappa shape index (κ1) is 13.0. The molecule has 0 aliphatic carbocycles. The van der Waals surface area contributed by atoms with E-state index < -0.39 is 300 Å². The molecule has 11 rings (SSSR count). The summed E-state index contributed by atoms with van der Waals surface area (Å²) in [6, 6.07) is -32.6. The monoisotopic (exact) mass is 748 g/mol. The van der Waals surface area contributed by atoms with Crippen molar-refractivity contribution in [2.45, 2.75) is 0 Å². The summed E-state index contributed by atoms with van der Waals surface area (Å²) in [5.41, 5.74) is -9.06. The third-order valence-corrected chi connectivity index (χ3v) is 8.42. The molecule has 5 heteroatoms. The van der Waals surface area contributed by atoms with E-state index in [0.29, 0.717) is 9.13 Å². The van der Waals surface area contributed by atoms with Crippen LogP contribution in [0.25, 0.3) is 100 Å². The smallest absolute Gasteiger partial charge is 0.238 e. The summed E-state index contributed by atoms with van der Waals surface area (Å²) in [6.07, 6.45) is 0. The van der Waals surface area contributed by atoms with Gasteiger partial charge in [0.2, 0.25) is 5.95 Å². The van der Waals surface area contributed by atoms with Crippen LogP contribution in [0, 0.1) is 0 Å². The Kier molecular flexibility index (Phi) is 3.03. The van der Waals surface area contributed by atoms with Crippen LogP contribution in [-0.2, 0) is 0 Å². The van der Waals surface area contributed by atoms with Crippen molar-refractivity contribution in [3.8, 4) is 56.7 Å². The van der Waals surface area contributed by atoms with Crippen molar-refractivity contribution in [1.29, 1.82) is 0 Å². The number of hydrogen-bond acceptors (Lipinski definition) is 3. The minimum atomic E-state index is -1.10. The maximum absolute atomic E-state index is 10.4. The van der Waals surface area contributed by atoms with E-state index in [2.05, 4.69) is 15.0 Å². The van der Waals surface area contributed by atoms with Crippen LogP contribution < -0.4 is 0 Å². The molecule has 0 fully saturated rings. The van der Waals surface area contributed by atoms with Gasteiger partial charge in [0.15, 0.2) is 11.6 Å². The normalized spacial score (nSPS) is 19.8. The molecular formula is C51H33N5. The van der Waals surface area contributed by atoms with Gasteiger partial charge in [0.25, 0.3) is 0 Å². The van der Waals surface area contributed by atoms with E-state index in [1.807, 2.05) is 0 Å². The zero-order chi connectivity index (χ0) is 65.7. The van der Waals surface area contributed by atoms with Crippen LogP contribution in [0.2, 0.25) is 0 Å². The fourth-order valence-corrected chi connectivity index (χ4v) is 6.05. The Balaban J connectivity index is 1.40. The van der Waals surface area contributed by atoms with Crippen molar-refractivity contribution >= 4 is 43.6 Å². The Morgan fingerprint density at radius 2 is 0.750 bits per heavy atom.